The zero-order valence-corrected chi connectivity index (χ0v) is 11.0. The quantitative estimate of drug-likeness (QED) is 0.496. The summed E-state index contributed by atoms with van der Waals surface area (Å²) in [6.45, 7) is 3.34. The molecule has 2 aromatic carbocycles. The van der Waals surface area contributed by atoms with Crippen molar-refractivity contribution in [2.24, 2.45) is 0 Å². The lowest BCUT2D eigenvalue weighted by molar-refractivity contribution is -0.111. The molecular weight excluding hydrogens is 252 g/mol. The maximum Gasteiger partial charge on any atom is 0.247 e. The van der Waals surface area contributed by atoms with Gasteiger partial charge < -0.3 is 22.5 Å². The molecular formula is C15H18N4O. The second kappa shape index (κ2) is 7.48. The van der Waals surface area contributed by atoms with Crippen LogP contribution in [0.25, 0.3) is 0 Å². The summed E-state index contributed by atoms with van der Waals surface area (Å²) < 4.78 is 0. The van der Waals surface area contributed by atoms with Crippen molar-refractivity contribution in [2.75, 3.05) is 22.5 Å². The van der Waals surface area contributed by atoms with Gasteiger partial charge in [-0.25, -0.2) is 0 Å². The monoisotopic (exact) mass is 270 g/mol. The highest BCUT2D eigenvalue weighted by molar-refractivity contribution is 5.98. The number of carbonyl (C=O) groups excluding carboxylic acids is 1. The van der Waals surface area contributed by atoms with Crippen LogP contribution in [0.15, 0.2) is 61.2 Å². The Hall–Kier alpha value is -2.95. The second-order valence-corrected chi connectivity index (χ2v) is 3.98. The predicted octanol–water partition coefficient (Wildman–Crippen LogP) is 2.24. The van der Waals surface area contributed by atoms with Gasteiger partial charge >= 0.3 is 0 Å². The fraction of sp³-hybridized carbons (Fsp3) is 0. The molecule has 1 amide bonds. The van der Waals surface area contributed by atoms with E-state index in [1.165, 1.54) is 6.08 Å². The number of carbonyl (C=O) groups is 1. The van der Waals surface area contributed by atoms with Crippen molar-refractivity contribution in [2.45, 2.75) is 0 Å². The number of amides is 1. The van der Waals surface area contributed by atoms with Gasteiger partial charge in [0.05, 0.1) is 0 Å². The first-order chi connectivity index (χ1) is 9.51. The van der Waals surface area contributed by atoms with Crippen LogP contribution in [0.4, 0.5) is 22.7 Å². The molecule has 5 nitrogen and oxygen atoms in total. The zero-order valence-electron chi connectivity index (χ0n) is 11.0. The fourth-order valence-corrected chi connectivity index (χ4v) is 1.26. The summed E-state index contributed by atoms with van der Waals surface area (Å²) >= 11 is 0. The largest absolute Gasteiger partial charge is 0.399 e. The Morgan fingerprint density at radius 2 is 1.20 bits per heavy atom. The van der Waals surface area contributed by atoms with Gasteiger partial charge in [-0.3, -0.25) is 4.79 Å². The van der Waals surface area contributed by atoms with Crippen molar-refractivity contribution in [1.82, 2.24) is 0 Å². The molecule has 0 fully saturated rings. The van der Waals surface area contributed by atoms with Gasteiger partial charge in [-0.15, -0.1) is 0 Å². The Bertz CT molecular complexity index is 540. The average molecular weight is 270 g/mol. The highest BCUT2D eigenvalue weighted by Crippen LogP contribution is 2.09. The minimum Gasteiger partial charge on any atom is -0.399 e. The second-order valence-electron chi connectivity index (χ2n) is 3.98. The van der Waals surface area contributed by atoms with Gasteiger partial charge in [-0.1, -0.05) is 6.58 Å². The lowest BCUT2D eigenvalue weighted by Crippen LogP contribution is -2.06. The van der Waals surface area contributed by atoms with Crippen LogP contribution in [0.2, 0.25) is 0 Å². The Balaban J connectivity index is 0.000000217. The number of nitrogen functional groups attached to an aromatic ring is 3. The summed E-state index contributed by atoms with van der Waals surface area (Å²) in [7, 11) is 0. The van der Waals surface area contributed by atoms with Crippen molar-refractivity contribution in [1.29, 1.82) is 0 Å². The summed E-state index contributed by atoms with van der Waals surface area (Å²) in [6, 6.07) is 14.0. The van der Waals surface area contributed by atoms with E-state index in [4.69, 9.17) is 17.2 Å². The van der Waals surface area contributed by atoms with E-state index >= 15 is 0 Å². The van der Waals surface area contributed by atoms with Crippen LogP contribution in [0, 0.1) is 0 Å². The summed E-state index contributed by atoms with van der Waals surface area (Å²) in [4.78, 5) is 10.8. The molecule has 20 heavy (non-hydrogen) atoms. The third kappa shape index (κ3) is 5.59. The molecule has 2 rings (SSSR count). The van der Waals surface area contributed by atoms with Crippen molar-refractivity contribution in [3.63, 3.8) is 0 Å². The molecule has 7 N–H and O–H groups in total. The molecule has 0 spiro atoms. The summed E-state index contributed by atoms with van der Waals surface area (Å²) in [6.07, 6.45) is 1.22. The van der Waals surface area contributed by atoms with E-state index in [0.29, 0.717) is 11.4 Å². The van der Waals surface area contributed by atoms with E-state index in [2.05, 4.69) is 11.9 Å². The Labute approximate surface area is 118 Å². The maximum absolute atomic E-state index is 10.8. The third-order valence-corrected chi connectivity index (χ3v) is 2.30. The van der Waals surface area contributed by atoms with Gasteiger partial charge in [0.1, 0.15) is 0 Å². The summed E-state index contributed by atoms with van der Waals surface area (Å²) in [5.74, 6) is -0.222. The third-order valence-electron chi connectivity index (χ3n) is 2.30. The van der Waals surface area contributed by atoms with Gasteiger partial charge in [0.2, 0.25) is 5.91 Å². The van der Waals surface area contributed by atoms with E-state index in [1.807, 2.05) is 0 Å². The van der Waals surface area contributed by atoms with E-state index in [0.717, 1.165) is 11.4 Å². The molecule has 0 radical (unpaired) electrons. The van der Waals surface area contributed by atoms with Crippen molar-refractivity contribution >= 4 is 28.7 Å². The van der Waals surface area contributed by atoms with Crippen LogP contribution in [0.3, 0.4) is 0 Å². The topological polar surface area (TPSA) is 107 Å². The molecule has 0 saturated carbocycles. The molecule has 2 aromatic rings. The van der Waals surface area contributed by atoms with Crippen LogP contribution in [0.5, 0.6) is 0 Å². The zero-order chi connectivity index (χ0) is 15.0. The molecule has 0 heterocycles. The molecule has 0 aliphatic rings. The molecule has 0 atom stereocenters. The lowest BCUT2D eigenvalue weighted by Gasteiger charge is -2.00. The fourth-order valence-electron chi connectivity index (χ4n) is 1.26. The Morgan fingerprint density at radius 1 is 0.850 bits per heavy atom. The molecule has 0 saturated heterocycles. The standard InChI is InChI=1S/C9H10N2O.C6H8N2/c1-2-9(12)11-8-5-3-7(10)4-6-8;7-5-1-2-6(8)4-3-5/h2-6H,1,10H2,(H,11,12);1-4H,7-8H2. The number of nitrogens with one attached hydrogen (secondary N) is 1. The van der Waals surface area contributed by atoms with Gasteiger partial charge in [0.25, 0.3) is 0 Å². The normalized spacial score (nSPS) is 9.00. The first kappa shape index (κ1) is 15.1. The van der Waals surface area contributed by atoms with E-state index in [-0.39, 0.29) is 5.91 Å². The molecule has 0 aliphatic heterocycles. The lowest BCUT2D eigenvalue weighted by atomic mass is 10.3. The SMILES string of the molecule is C=CC(=O)Nc1ccc(N)cc1.Nc1ccc(N)cc1. The predicted molar refractivity (Wildman–Crippen MR) is 84.9 cm³/mol. The number of hydrogen-bond donors (Lipinski definition) is 4. The molecule has 0 unspecified atom stereocenters. The van der Waals surface area contributed by atoms with Gasteiger partial charge in [-0.2, -0.15) is 0 Å². The van der Waals surface area contributed by atoms with Crippen LogP contribution >= 0.6 is 0 Å². The van der Waals surface area contributed by atoms with Crippen LogP contribution in [-0.2, 0) is 4.79 Å². The Kier molecular flexibility index (Phi) is 5.65. The Morgan fingerprint density at radius 3 is 1.55 bits per heavy atom. The van der Waals surface area contributed by atoms with E-state index in [1.54, 1.807) is 48.5 Å². The van der Waals surface area contributed by atoms with Crippen molar-refractivity contribution in [3.05, 3.63) is 61.2 Å². The number of anilines is 4. The van der Waals surface area contributed by atoms with Crippen LogP contribution in [0.1, 0.15) is 0 Å². The van der Waals surface area contributed by atoms with Crippen LogP contribution in [-0.4, -0.2) is 5.91 Å². The molecule has 0 bridgehead atoms. The van der Waals surface area contributed by atoms with Gasteiger partial charge in [0.15, 0.2) is 0 Å². The summed E-state index contributed by atoms with van der Waals surface area (Å²) in [5, 5.41) is 2.61. The number of hydrogen-bond acceptors (Lipinski definition) is 4. The first-order valence-electron chi connectivity index (χ1n) is 5.91. The van der Waals surface area contributed by atoms with Gasteiger partial charge in [-0.05, 0) is 54.6 Å². The van der Waals surface area contributed by atoms with Gasteiger partial charge in [0, 0.05) is 22.7 Å². The maximum atomic E-state index is 10.8. The summed E-state index contributed by atoms with van der Waals surface area (Å²) in [5.41, 5.74) is 19.1. The number of benzene rings is 2. The first-order valence-corrected chi connectivity index (χ1v) is 5.91. The van der Waals surface area contributed by atoms with E-state index < -0.39 is 0 Å². The van der Waals surface area contributed by atoms with E-state index in [9.17, 15) is 4.79 Å². The molecule has 5 heteroatoms. The molecule has 0 aromatic heterocycles. The smallest absolute Gasteiger partial charge is 0.247 e. The minimum absolute atomic E-state index is 0.222. The highest BCUT2D eigenvalue weighted by Gasteiger charge is 1.94. The average Bonchev–Trinajstić information content (AvgIpc) is 2.45. The number of nitrogens with two attached hydrogens (primary N) is 3. The minimum atomic E-state index is -0.222. The molecule has 0 aliphatic carbocycles. The van der Waals surface area contributed by atoms with Crippen molar-refractivity contribution in [3.8, 4) is 0 Å². The number of rotatable bonds is 2. The molecule has 104 valence electrons. The van der Waals surface area contributed by atoms with Crippen molar-refractivity contribution < 1.29 is 4.79 Å². The van der Waals surface area contributed by atoms with Crippen LogP contribution < -0.4 is 22.5 Å². The highest BCUT2D eigenvalue weighted by atomic mass is 16.1.